The van der Waals surface area contributed by atoms with Crippen molar-refractivity contribution in [2.45, 2.75) is 36.0 Å². The van der Waals surface area contributed by atoms with Crippen molar-refractivity contribution in [2.75, 3.05) is 4.90 Å². The number of carbonyl (C=O) groups is 1. The highest BCUT2D eigenvalue weighted by Crippen LogP contribution is 2.33. The molecular weight excluding hydrogens is 346 g/mol. The molecule has 0 aliphatic heterocycles. The molecule has 7 heteroatoms. The number of nitrogens with two attached hydrogens (primary N) is 1. The first-order valence-corrected chi connectivity index (χ1v) is 8.99. The van der Waals surface area contributed by atoms with Gasteiger partial charge in [-0.1, -0.05) is 38.6 Å². The third-order valence-electron chi connectivity index (χ3n) is 3.78. The Balaban J connectivity index is 1.92. The average molecular weight is 367 g/mol. The summed E-state index contributed by atoms with van der Waals surface area (Å²) in [6.07, 6.45) is 3.50. The third kappa shape index (κ3) is 4.05. The molecule has 0 saturated carbocycles. The van der Waals surface area contributed by atoms with Crippen LogP contribution in [0.2, 0.25) is 0 Å². The van der Waals surface area contributed by atoms with Crippen LogP contribution in [-0.2, 0) is 5.41 Å². The number of nitrogens with zero attached hydrogens (tertiary/aromatic N) is 3. The molecule has 2 aromatic heterocycles. The number of anilines is 2. The first-order valence-electron chi connectivity index (χ1n) is 8.18. The zero-order valence-electron chi connectivity index (χ0n) is 14.9. The van der Waals surface area contributed by atoms with Crippen molar-refractivity contribution in [2.24, 2.45) is 5.73 Å². The van der Waals surface area contributed by atoms with Gasteiger partial charge in [0, 0.05) is 39.4 Å². The van der Waals surface area contributed by atoms with Crippen LogP contribution in [0.1, 0.15) is 26.5 Å². The maximum absolute atomic E-state index is 12.1. The summed E-state index contributed by atoms with van der Waals surface area (Å²) in [6.45, 7) is 6.22. The molecule has 6 nitrogen and oxygen atoms in total. The van der Waals surface area contributed by atoms with Crippen molar-refractivity contribution in [1.82, 2.24) is 15.2 Å². The van der Waals surface area contributed by atoms with E-state index < -0.39 is 6.03 Å². The molecule has 0 radical (unpaired) electrons. The number of carbonyl (C=O) groups excluding carboxylic acids is 1. The molecule has 1 aromatic carbocycles. The highest BCUT2D eigenvalue weighted by molar-refractivity contribution is 7.99. The minimum atomic E-state index is -0.581. The standard InChI is InChI=1S/C19H21N5OS/c1-19(2,3)16-12-17(23-22-16)24(18(20)25)13-5-4-6-15(11-13)26-14-7-9-21-10-8-14/h4-12H,1-3H3,(H2,20,25)(H,22,23). The maximum atomic E-state index is 12.1. The Bertz CT molecular complexity index is 902. The molecule has 0 aliphatic rings. The number of urea groups is 1. The van der Waals surface area contributed by atoms with Gasteiger partial charge in [-0.2, -0.15) is 5.10 Å². The summed E-state index contributed by atoms with van der Waals surface area (Å²) in [5.74, 6) is 0.480. The summed E-state index contributed by atoms with van der Waals surface area (Å²) in [4.78, 5) is 19.6. The number of aromatic amines is 1. The molecule has 0 aliphatic carbocycles. The molecule has 134 valence electrons. The molecule has 3 rings (SSSR count). The molecule has 2 amide bonds. The third-order valence-corrected chi connectivity index (χ3v) is 4.78. The zero-order chi connectivity index (χ0) is 18.7. The SMILES string of the molecule is CC(C)(C)c1cc(N(C(N)=O)c2cccc(Sc3ccncc3)c2)n[nH]1. The average Bonchev–Trinajstić information content (AvgIpc) is 3.06. The van der Waals surface area contributed by atoms with E-state index in [1.54, 1.807) is 24.2 Å². The maximum Gasteiger partial charge on any atom is 0.325 e. The Morgan fingerprint density at radius 2 is 1.85 bits per heavy atom. The lowest BCUT2D eigenvalue weighted by molar-refractivity contribution is 0.256. The lowest BCUT2D eigenvalue weighted by Crippen LogP contribution is -2.31. The van der Waals surface area contributed by atoms with Gasteiger partial charge >= 0.3 is 6.03 Å². The van der Waals surface area contributed by atoms with Crippen LogP contribution in [0, 0.1) is 0 Å². The van der Waals surface area contributed by atoms with Crippen molar-refractivity contribution in [3.8, 4) is 0 Å². The Kier molecular flexibility index (Phi) is 4.99. The summed E-state index contributed by atoms with van der Waals surface area (Å²) in [5, 5.41) is 7.27. The van der Waals surface area contributed by atoms with Crippen LogP contribution in [0.3, 0.4) is 0 Å². The van der Waals surface area contributed by atoms with Gasteiger partial charge in [-0.15, -0.1) is 0 Å². The summed E-state index contributed by atoms with van der Waals surface area (Å²) in [5.41, 5.74) is 7.14. The molecular formula is C19H21N5OS. The van der Waals surface area contributed by atoms with Gasteiger partial charge in [0.05, 0.1) is 5.69 Å². The smallest absolute Gasteiger partial charge is 0.325 e. The number of nitrogens with one attached hydrogen (secondary N) is 1. The van der Waals surface area contributed by atoms with Gasteiger partial charge in [0.15, 0.2) is 5.82 Å². The van der Waals surface area contributed by atoms with Gasteiger partial charge in [0.1, 0.15) is 0 Å². The van der Waals surface area contributed by atoms with Crippen LogP contribution in [-0.4, -0.2) is 21.2 Å². The number of pyridine rings is 1. The number of aromatic nitrogens is 3. The van der Waals surface area contributed by atoms with Crippen LogP contribution in [0.5, 0.6) is 0 Å². The molecule has 2 heterocycles. The van der Waals surface area contributed by atoms with Gasteiger partial charge in [0.25, 0.3) is 0 Å². The van der Waals surface area contributed by atoms with E-state index in [0.717, 1.165) is 15.5 Å². The van der Waals surface area contributed by atoms with Crippen molar-refractivity contribution < 1.29 is 4.79 Å². The van der Waals surface area contributed by atoms with Crippen LogP contribution >= 0.6 is 11.8 Å². The molecule has 26 heavy (non-hydrogen) atoms. The van der Waals surface area contributed by atoms with Crippen LogP contribution < -0.4 is 10.6 Å². The fourth-order valence-electron chi connectivity index (χ4n) is 2.41. The second-order valence-corrected chi connectivity index (χ2v) is 7.99. The lowest BCUT2D eigenvalue weighted by Gasteiger charge is -2.19. The van der Waals surface area contributed by atoms with E-state index >= 15 is 0 Å². The predicted octanol–water partition coefficient (Wildman–Crippen LogP) is 4.47. The summed E-state index contributed by atoms with van der Waals surface area (Å²) in [7, 11) is 0. The zero-order valence-corrected chi connectivity index (χ0v) is 15.7. The number of hydrogen-bond donors (Lipinski definition) is 2. The number of benzene rings is 1. The van der Waals surface area contributed by atoms with Gasteiger partial charge in [-0.05, 0) is 30.3 Å². The minimum absolute atomic E-state index is 0.104. The molecule has 3 N–H and O–H groups in total. The van der Waals surface area contributed by atoms with Crippen molar-refractivity contribution in [3.63, 3.8) is 0 Å². The second-order valence-electron chi connectivity index (χ2n) is 6.85. The fourth-order valence-corrected chi connectivity index (χ4v) is 3.27. The van der Waals surface area contributed by atoms with Gasteiger partial charge < -0.3 is 5.73 Å². The minimum Gasteiger partial charge on any atom is -0.351 e. The molecule has 3 aromatic rings. The molecule has 0 bridgehead atoms. The van der Waals surface area contributed by atoms with E-state index in [0.29, 0.717) is 11.5 Å². The van der Waals surface area contributed by atoms with Gasteiger partial charge in [-0.3, -0.25) is 10.1 Å². The summed E-state index contributed by atoms with van der Waals surface area (Å²) in [6, 6.07) is 12.8. The fraction of sp³-hybridized carbons (Fsp3) is 0.211. The van der Waals surface area contributed by atoms with Crippen molar-refractivity contribution in [3.05, 3.63) is 60.6 Å². The van der Waals surface area contributed by atoms with E-state index in [9.17, 15) is 4.79 Å². The van der Waals surface area contributed by atoms with E-state index in [2.05, 4.69) is 36.0 Å². The van der Waals surface area contributed by atoms with Crippen LogP contribution in [0.4, 0.5) is 16.3 Å². The Morgan fingerprint density at radius 3 is 2.46 bits per heavy atom. The monoisotopic (exact) mass is 367 g/mol. The van der Waals surface area contributed by atoms with E-state index in [1.165, 1.54) is 4.90 Å². The molecule has 0 atom stereocenters. The number of primary amides is 1. The Hall–Kier alpha value is -2.80. The topological polar surface area (TPSA) is 87.9 Å². The Morgan fingerprint density at radius 1 is 1.12 bits per heavy atom. The first-order chi connectivity index (χ1) is 12.3. The number of rotatable bonds is 4. The molecule has 0 spiro atoms. The Labute approximate surface area is 156 Å². The van der Waals surface area contributed by atoms with Crippen molar-refractivity contribution >= 4 is 29.3 Å². The normalized spacial score (nSPS) is 11.3. The largest absolute Gasteiger partial charge is 0.351 e. The summed E-state index contributed by atoms with van der Waals surface area (Å²) >= 11 is 1.59. The predicted molar refractivity (Wildman–Crippen MR) is 104 cm³/mol. The number of amides is 2. The summed E-state index contributed by atoms with van der Waals surface area (Å²) < 4.78 is 0. The molecule has 0 unspecified atom stereocenters. The number of H-pyrrole nitrogens is 1. The lowest BCUT2D eigenvalue weighted by atomic mass is 9.92. The van der Waals surface area contributed by atoms with Crippen LogP contribution in [0.25, 0.3) is 0 Å². The molecule has 0 fully saturated rings. The van der Waals surface area contributed by atoms with Crippen LogP contribution in [0.15, 0.2) is 64.6 Å². The quantitative estimate of drug-likeness (QED) is 0.712. The second kappa shape index (κ2) is 7.21. The highest BCUT2D eigenvalue weighted by Gasteiger charge is 2.22. The van der Waals surface area contributed by atoms with E-state index in [-0.39, 0.29) is 5.41 Å². The number of hydrogen-bond acceptors (Lipinski definition) is 4. The van der Waals surface area contributed by atoms with Crippen molar-refractivity contribution in [1.29, 1.82) is 0 Å². The van der Waals surface area contributed by atoms with E-state index in [4.69, 9.17) is 5.73 Å². The van der Waals surface area contributed by atoms with Gasteiger partial charge in [-0.25, -0.2) is 9.69 Å². The molecule has 0 saturated heterocycles. The van der Waals surface area contributed by atoms with Gasteiger partial charge in [0.2, 0.25) is 0 Å². The first kappa shape index (κ1) is 18.0. The highest BCUT2D eigenvalue weighted by atomic mass is 32.2. The van der Waals surface area contributed by atoms with E-state index in [1.807, 2.05) is 42.5 Å².